The number of carbonyl (C=O) groups excluding carboxylic acids is 1. The molecular formula is C12H14ClN5O. The Morgan fingerprint density at radius 1 is 1.42 bits per heavy atom. The van der Waals surface area contributed by atoms with Gasteiger partial charge in [-0.25, -0.2) is 4.98 Å². The van der Waals surface area contributed by atoms with Crippen LogP contribution in [0.4, 0.5) is 11.4 Å². The van der Waals surface area contributed by atoms with E-state index in [2.05, 4.69) is 20.5 Å². The summed E-state index contributed by atoms with van der Waals surface area (Å²) in [6.07, 6.45) is 0. The SMILES string of the molecule is Cc1nc(C(=O)Nc2cc(Cl)ccc2N(C)C)n[nH]1. The molecule has 2 N–H and O–H groups in total. The molecule has 1 heterocycles. The van der Waals surface area contributed by atoms with E-state index in [0.717, 1.165) is 5.69 Å². The molecule has 0 atom stereocenters. The third kappa shape index (κ3) is 3.03. The van der Waals surface area contributed by atoms with Crippen molar-refractivity contribution in [2.75, 3.05) is 24.3 Å². The van der Waals surface area contributed by atoms with Crippen LogP contribution in [0.15, 0.2) is 18.2 Å². The van der Waals surface area contributed by atoms with Gasteiger partial charge in [0.25, 0.3) is 5.91 Å². The molecule has 0 fully saturated rings. The first-order chi connectivity index (χ1) is 8.97. The molecule has 7 heteroatoms. The average molecular weight is 280 g/mol. The highest BCUT2D eigenvalue weighted by atomic mass is 35.5. The number of carbonyl (C=O) groups is 1. The van der Waals surface area contributed by atoms with E-state index in [-0.39, 0.29) is 11.7 Å². The van der Waals surface area contributed by atoms with E-state index in [1.165, 1.54) is 0 Å². The number of hydrogen-bond donors (Lipinski definition) is 2. The van der Waals surface area contributed by atoms with Crippen molar-refractivity contribution in [3.63, 3.8) is 0 Å². The Bertz CT molecular complexity index is 608. The fourth-order valence-corrected chi connectivity index (χ4v) is 1.79. The van der Waals surface area contributed by atoms with Gasteiger partial charge in [0.15, 0.2) is 0 Å². The van der Waals surface area contributed by atoms with Crippen molar-refractivity contribution in [1.82, 2.24) is 15.2 Å². The van der Waals surface area contributed by atoms with Crippen molar-refractivity contribution < 1.29 is 4.79 Å². The van der Waals surface area contributed by atoms with Crippen molar-refractivity contribution >= 4 is 28.9 Å². The molecule has 0 aliphatic heterocycles. The second kappa shape index (κ2) is 5.27. The van der Waals surface area contributed by atoms with Crippen molar-refractivity contribution in [3.05, 3.63) is 34.9 Å². The number of hydrogen-bond acceptors (Lipinski definition) is 4. The van der Waals surface area contributed by atoms with Gasteiger partial charge in [-0.15, -0.1) is 5.10 Å². The molecule has 100 valence electrons. The number of nitrogens with zero attached hydrogens (tertiary/aromatic N) is 3. The minimum Gasteiger partial charge on any atom is -0.376 e. The van der Waals surface area contributed by atoms with Crippen molar-refractivity contribution in [3.8, 4) is 0 Å². The Morgan fingerprint density at radius 3 is 2.74 bits per heavy atom. The molecule has 2 aromatic rings. The molecule has 0 radical (unpaired) electrons. The van der Waals surface area contributed by atoms with Gasteiger partial charge in [0.2, 0.25) is 5.82 Å². The molecule has 2 rings (SSSR count). The van der Waals surface area contributed by atoms with Crippen LogP contribution in [0.2, 0.25) is 5.02 Å². The molecule has 19 heavy (non-hydrogen) atoms. The predicted molar refractivity (Wildman–Crippen MR) is 74.9 cm³/mol. The maximum atomic E-state index is 12.0. The standard InChI is InChI=1S/C12H14ClN5O/c1-7-14-11(17-16-7)12(19)15-9-6-8(13)4-5-10(9)18(2)3/h4-6H,1-3H3,(H,15,19)(H,14,16,17). The second-order valence-electron chi connectivity index (χ2n) is 4.25. The van der Waals surface area contributed by atoms with Crippen LogP contribution in [0.1, 0.15) is 16.4 Å². The largest absolute Gasteiger partial charge is 0.376 e. The first kappa shape index (κ1) is 13.4. The molecule has 0 aliphatic rings. The fourth-order valence-electron chi connectivity index (χ4n) is 1.62. The fraction of sp³-hybridized carbons (Fsp3) is 0.250. The van der Waals surface area contributed by atoms with E-state index in [4.69, 9.17) is 11.6 Å². The molecule has 0 saturated carbocycles. The van der Waals surface area contributed by atoms with E-state index in [0.29, 0.717) is 16.5 Å². The highest BCUT2D eigenvalue weighted by Crippen LogP contribution is 2.27. The summed E-state index contributed by atoms with van der Waals surface area (Å²) in [5.41, 5.74) is 1.47. The number of aromatic nitrogens is 3. The summed E-state index contributed by atoms with van der Waals surface area (Å²) in [5, 5.41) is 9.74. The van der Waals surface area contributed by atoms with Gasteiger partial charge in [0.1, 0.15) is 5.82 Å². The van der Waals surface area contributed by atoms with Gasteiger partial charge >= 0.3 is 0 Å². The summed E-state index contributed by atoms with van der Waals surface area (Å²) < 4.78 is 0. The number of anilines is 2. The molecule has 0 spiro atoms. The van der Waals surface area contributed by atoms with Crippen LogP contribution in [0, 0.1) is 6.92 Å². The smallest absolute Gasteiger partial charge is 0.295 e. The Kier molecular flexibility index (Phi) is 3.71. The van der Waals surface area contributed by atoms with Crippen LogP contribution in [-0.4, -0.2) is 35.2 Å². The molecule has 6 nitrogen and oxygen atoms in total. The lowest BCUT2D eigenvalue weighted by molar-refractivity contribution is 0.101. The van der Waals surface area contributed by atoms with Crippen LogP contribution >= 0.6 is 11.6 Å². The third-order valence-corrected chi connectivity index (χ3v) is 2.72. The van der Waals surface area contributed by atoms with Gasteiger partial charge < -0.3 is 10.2 Å². The lowest BCUT2D eigenvalue weighted by Gasteiger charge is -2.17. The Balaban J connectivity index is 2.27. The summed E-state index contributed by atoms with van der Waals surface area (Å²) in [6.45, 7) is 1.73. The van der Waals surface area contributed by atoms with Gasteiger partial charge in [-0.2, -0.15) is 0 Å². The third-order valence-electron chi connectivity index (χ3n) is 2.49. The van der Waals surface area contributed by atoms with E-state index in [1.807, 2.05) is 25.1 Å². The van der Waals surface area contributed by atoms with Crippen LogP contribution in [0.3, 0.4) is 0 Å². The monoisotopic (exact) mass is 279 g/mol. The summed E-state index contributed by atoms with van der Waals surface area (Å²) in [4.78, 5) is 17.9. The zero-order valence-corrected chi connectivity index (χ0v) is 11.6. The summed E-state index contributed by atoms with van der Waals surface area (Å²) >= 11 is 5.95. The van der Waals surface area contributed by atoms with Gasteiger partial charge in [0, 0.05) is 19.1 Å². The first-order valence-corrected chi connectivity index (χ1v) is 6.02. The lowest BCUT2D eigenvalue weighted by atomic mass is 10.2. The maximum Gasteiger partial charge on any atom is 0.295 e. The molecule has 0 aliphatic carbocycles. The quantitative estimate of drug-likeness (QED) is 0.902. The molecule has 0 saturated heterocycles. The van der Waals surface area contributed by atoms with Gasteiger partial charge in [-0.1, -0.05) is 11.6 Å². The number of aromatic amines is 1. The number of nitrogens with one attached hydrogen (secondary N) is 2. The zero-order chi connectivity index (χ0) is 14.0. The predicted octanol–water partition coefficient (Wildman–Crippen LogP) is 2.08. The van der Waals surface area contributed by atoms with E-state index >= 15 is 0 Å². The molecular weight excluding hydrogens is 266 g/mol. The highest BCUT2D eigenvalue weighted by Gasteiger charge is 2.14. The van der Waals surface area contributed by atoms with Crippen molar-refractivity contribution in [2.24, 2.45) is 0 Å². The van der Waals surface area contributed by atoms with Crippen molar-refractivity contribution in [1.29, 1.82) is 0 Å². The van der Waals surface area contributed by atoms with Crippen LogP contribution < -0.4 is 10.2 Å². The average Bonchev–Trinajstić information content (AvgIpc) is 2.75. The molecule has 0 bridgehead atoms. The number of benzene rings is 1. The summed E-state index contributed by atoms with van der Waals surface area (Å²) in [5.74, 6) is 0.306. The minimum atomic E-state index is -0.380. The molecule has 1 aromatic heterocycles. The number of H-pyrrole nitrogens is 1. The van der Waals surface area contributed by atoms with Gasteiger partial charge in [0.05, 0.1) is 11.4 Å². The summed E-state index contributed by atoms with van der Waals surface area (Å²) in [6, 6.07) is 5.29. The van der Waals surface area contributed by atoms with Crippen LogP contribution in [0.25, 0.3) is 0 Å². The van der Waals surface area contributed by atoms with Crippen molar-refractivity contribution in [2.45, 2.75) is 6.92 Å². The summed E-state index contributed by atoms with van der Waals surface area (Å²) in [7, 11) is 3.77. The number of rotatable bonds is 3. The Morgan fingerprint density at radius 2 is 2.16 bits per heavy atom. The van der Waals surface area contributed by atoms with Crippen LogP contribution in [0.5, 0.6) is 0 Å². The number of halogens is 1. The minimum absolute atomic E-state index is 0.0992. The topological polar surface area (TPSA) is 73.9 Å². The molecule has 1 amide bonds. The Hall–Kier alpha value is -2.08. The van der Waals surface area contributed by atoms with E-state index in [9.17, 15) is 4.79 Å². The lowest BCUT2D eigenvalue weighted by Crippen LogP contribution is -2.17. The molecule has 0 unspecified atom stereocenters. The Labute approximate surface area is 115 Å². The molecule has 1 aromatic carbocycles. The second-order valence-corrected chi connectivity index (χ2v) is 4.69. The van der Waals surface area contributed by atoms with Gasteiger partial charge in [-0.3, -0.25) is 9.89 Å². The van der Waals surface area contributed by atoms with E-state index < -0.39 is 0 Å². The zero-order valence-electron chi connectivity index (χ0n) is 10.9. The number of amides is 1. The van der Waals surface area contributed by atoms with E-state index in [1.54, 1.807) is 19.1 Å². The van der Waals surface area contributed by atoms with Crippen LogP contribution in [-0.2, 0) is 0 Å². The maximum absolute atomic E-state index is 12.0. The number of aryl methyl sites for hydroxylation is 1. The van der Waals surface area contributed by atoms with Gasteiger partial charge in [-0.05, 0) is 25.1 Å². The normalized spacial score (nSPS) is 10.3. The highest BCUT2D eigenvalue weighted by molar-refractivity contribution is 6.31. The first-order valence-electron chi connectivity index (χ1n) is 5.64.